The molecule has 2 fully saturated rings. The van der Waals surface area contributed by atoms with E-state index in [0.29, 0.717) is 0 Å². The second-order valence-corrected chi connectivity index (χ2v) is 6.59. The Kier molecular flexibility index (Phi) is 3.21. The molecule has 2 unspecified atom stereocenters. The maximum Gasteiger partial charge on any atom is 0.255 e. The monoisotopic (exact) mass is 282 g/mol. The van der Waals surface area contributed by atoms with Crippen molar-refractivity contribution in [1.29, 1.82) is 0 Å². The number of likely N-dealkylation sites (tertiary alicyclic amines) is 1. The summed E-state index contributed by atoms with van der Waals surface area (Å²) in [6.07, 6.45) is 8.51. The van der Waals surface area contributed by atoms with E-state index in [-0.39, 0.29) is 5.91 Å². The van der Waals surface area contributed by atoms with Gasteiger partial charge in [0, 0.05) is 24.7 Å². The van der Waals surface area contributed by atoms with Crippen LogP contribution in [-0.2, 0) is 0 Å². The number of fused-ring (bicyclic) bond motifs is 2. The molecular weight excluding hydrogens is 260 g/mol. The molecule has 2 aliphatic rings. The highest BCUT2D eigenvalue weighted by Gasteiger charge is 2.33. The first-order valence-electron chi connectivity index (χ1n) is 8.18. The lowest BCUT2D eigenvalue weighted by molar-refractivity contribution is 0.0522. The molecule has 3 nitrogen and oxygen atoms in total. The summed E-state index contributed by atoms with van der Waals surface area (Å²) in [4.78, 5) is 18.2. The Hall–Kier alpha value is -1.77. The number of amides is 1. The summed E-state index contributed by atoms with van der Waals surface area (Å²) in [7, 11) is 0. The lowest BCUT2D eigenvalue weighted by Gasteiger charge is -2.41. The summed E-state index contributed by atoms with van der Waals surface area (Å²) in [6.45, 7) is 1.89. The number of aromatic amines is 1. The fraction of sp³-hybridized carbons (Fsp3) is 0.500. The van der Waals surface area contributed by atoms with Gasteiger partial charge in [0.2, 0.25) is 0 Å². The summed E-state index contributed by atoms with van der Waals surface area (Å²) in [5, 5.41) is 1.12. The van der Waals surface area contributed by atoms with Gasteiger partial charge in [0.15, 0.2) is 0 Å². The summed E-state index contributed by atoms with van der Waals surface area (Å²) in [6, 6.07) is 8.01. The van der Waals surface area contributed by atoms with Gasteiger partial charge in [-0.25, -0.2) is 0 Å². The molecule has 2 atom stereocenters. The van der Waals surface area contributed by atoms with Crippen LogP contribution in [0.15, 0.2) is 30.5 Å². The van der Waals surface area contributed by atoms with Crippen molar-refractivity contribution in [3.63, 3.8) is 0 Å². The van der Waals surface area contributed by atoms with Gasteiger partial charge in [-0.15, -0.1) is 0 Å². The molecular formula is C18H22N2O. The van der Waals surface area contributed by atoms with E-state index in [1.165, 1.54) is 32.1 Å². The lowest BCUT2D eigenvalue weighted by Crippen LogP contribution is -2.44. The molecule has 3 heteroatoms. The SMILES string of the molecule is O=C(c1cccc2cc[nH]c12)N1CCC2CCCCC2C1. The van der Waals surface area contributed by atoms with Crippen LogP contribution in [0.4, 0.5) is 0 Å². The topological polar surface area (TPSA) is 36.1 Å². The van der Waals surface area contributed by atoms with Gasteiger partial charge in [-0.1, -0.05) is 31.4 Å². The van der Waals surface area contributed by atoms with Crippen molar-refractivity contribution in [2.24, 2.45) is 11.8 Å². The van der Waals surface area contributed by atoms with Gasteiger partial charge < -0.3 is 9.88 Å². The lowest BCUT2D eigenvalue weighted by atomic mass is 9.75. The Morgan fingerprint density at radius 3 is 2.86 bits per heavy atom. The third-order valence-corrected chi connectivity index (χ3v) is 5.40. The van der Waals surface area contributed by atoms with Crippen molar-refractivity contribution in [1.82, 2.24) is 9.88 Å². The summed E-state index contributed by atoms with van der Waals surface area (Å²) >= 11 is 0. The molecule has 1 aromatic carbocycles. The van der Waals surface area contributed by atoms with Crippen molar-refractivity contribution in [2.75, 3.05) is 13.1 Å². The van der Waals surface area contributed by atoms with Gasteiger partial charge >= 0.3 is 0 Å². The van der Waals surface area contributed by atoms with Crippen LogP contribution in [-0.4, -0.2) is 28.9 Å². The van der Waals surface area contributed by atoms with E-state index < -0.39 is 0 Å². The van der Waals surface area contributed by atoms with Gasteiger partial charge in [0.1, 0.15) is 0 Å². The van der Waals surface area contributed by atoms with E-state index in [1.807, 2.05) is 24.4 Å². The number of aromatic nitrogens is 1. The molecule has 0 radical (unpaired) electrons. The number of carbonyl (C=O) groups is 1. The molecule has 0 spiro atoms. The van der Waals surface area contributed by atoms with E-state index in [2.05, 4.69) is 16.0 Å². The third kappa shape index (κ3) is 2.25. The fourth-order valence-corrected chi connectivity index (χ4v) is 4.22. The van der Waals surface area contributed by atoms with Gasteiger partial charge in [-0.2, -0.15) is 0 Å². The minimum atomic E-state index is 0.201. The van der Waals surface area contributed by atoms with Crippen LogP contribution in [0, 0.1) is 11.8 Å². The van der Waals surface area contributed by atoms with Gasteiger partial charge in [0.05, 0.1) is 11.1 Å². The molecule has 0 bridgehead atoms. The molecule has 1 aliphatic carbocycles. The Labute approximate surface area is 125 Å². The van der Waals surface area contributed by atoms with E-state index in [4.69, 9.17) is 0 Å². The normalized spacial score (nSPS) is 25.8. The Bertz CT molecular complexity index is 660. The number of nitrogens with zero attached hydrogens (tertiary/aromatic N) is 1. The standard InChI is InChI=1S/C18H22N2O/c21-18(16-7-3-6-14-8-10-19-17(14)16)20-11-9-13-4-1-2-5-15(13)12-20/h3,6-8,10,13,15,19H,1-2,4-5,9,11-12H2. The zero-order valence-electron chi connectivity index (χ0n) is 12.3. The van der Waals surface area contributed by atoms with Gasteiger partial charge in [-0.3, -0.25) is 4.79 Å². The highest BCUT2D eigenvalue weighted by Crippen LogP contribution is 2.36. The zero-order chi connectivity index (χ0) is 14.2. The molecule has 1 saturated carbocycles. The second kappa shape index (κ2) is 5.21. The quantitative estimate of drug-likeness (QED) is 0.848. The summed E-state index contributed by atoms with van der Waals surface area (Å²) in [5.41, 5.74) is 1.81. The smallest absolute Gasteiger partial charge is 0.255 e. The Morgan fingerprint density at radius 1 is 1.10 bits per heavy atom. The predicted octanol–water partition coefficient (Wildman–Crippen LogP) is 3.82. The number of carbonyl (C=O) groups excluding carboxylic acids is 1. The molecule has 21 heavy (non-hydrogen) atoms. The fourth-order valence-electron chi connectivity index (χ4n) is 4.22. The van der Waals surface area contributed by atoms with Crippen LogP contribution in [0.25, 0.3) is 10.9 Å². The largest absolute Gasteiger partial charge is 0.361 e. The number of hydrogen-bond donors (Lipinski definition) is 1. The van der Waals surface area contributed by atoms with Crippen molar-refractivity contribution >= 4 is 16.8 Å². The van der Waals surface area contributed by atoms with Crippen molar-refractivity contribution in [3.8, 4) is 0 Å². The van der Waals surface area contributed by atoms with Crippen molar-refractivity contribution < 1.29 is 4.79 Å². The maximum atomic E-state index is 12.9. The molecule has 4 rings (SSSR count). The Balaban J connectivity index is 1.59. The molecule has 1 aliphatic heterocycles. The van der Waals surface area contributed by atoms with Crippen LogP contribution < -0.4 is 0 Å². The number of piperidine rings is 1. The molecule has 1 aromatic heterocycles. The zero-order valence-corrected chi connectivity index (χ0v) is 12.3. The predicted molar refractivity (Wildman–Crippen MR) is 84.3 cm³/mol. The molecule has 2 heterocycles. The molecule has 1 saturated heterocycles. The second-order valence-electron chi connectivity index (χ2n) is 6.59. The first-order chi connectivity index (χ1) is 10.3. The highest BCUT2D eigenvalue weighted by atomic mass is 16.2. The van der Waals surface area contributed by atoms with Gasteiger partial charge in [0.25, 0.3) is 5.91 Å². The molecule has 1 amide bonds. The molecule has 1 N–H and O–H groups in total. The minimum Gasteiger partial charge on any atom is -0.361 e. The van der Waals surface area contributed by atoms with E-state index >= 15 is 0 Å². The van der Waals surface area contributed by atoms with Crippen molar-refractivity contribution in [3.05, 3.63) is 36.0 Å². The molecule has 110 valence electrons. The summed E-state index contributed by atoms with van der Waals surface area (Å²) in [5.74, 6) is 1.80. The maximum absolute atomic E-state index is 12.9. The first kappa shape index (κ1) is 12.9. The number of hydrogen-bond acceptors (Lipinski definition) is 1. The number of para-hydroxylation sites is 1. The number of H-pyrrole nitrogens is 1. The van der Waals surface area contributed by atoms with E-state index in [0.717, 1.165) is 41.4 Å². The van der Waals surface area contributed by atoms with Crippen LogP contribution in [0.2, 0.25) is 0 Å². The summed E-state index contributed by atoms with van der Waals surface area (Å²) < 4.78 is 0. The van der Waals surface area contributed by atoms with Gasteiger partial charge in [-0.05, 0) is 36.8 Å². The van der Waals surface area contributed by atoms with E-state index in [1.54, 1.807) is 0 Å². The average molecular weight is 282 g/mol. The number of nitrogens with one attached hydrogen (secondary N) is 1. The number of benzene rings is 1. The first-order valence-corrected chi connectivity index (χ1v) is 8.18. The van der Waals surface area contributed by atoms with Crippen LogP contribution in [0.1, 0.15) is 42.5 Å². The molecule has 2 aromatic rings. The Morgan fingerprint density at radius 2 is 1.95 bits per heavy atom. The highest BCUT2D eigenvalue weighted by molar-refractivity contribution is 6.05. The van der Waals surface area contributed by atoms with Crippen LogP contribution >= 0.6 is 0 Å². The minimum absolute atomic E-state index is 0.201. The van der Waals surface area contributed by atoms with Crippen molar-refractivity contribution in [2.45, 2.75) is 32.1 Å². The van der Waals surface area contributed by atoms with Crippen LogP contribution in [0.5, 0.6) is 0 Å². The third-order valence-electron chi connectivity index (χ3n) is 5.40. The van der Waals surface area contributed by atoms with Crippen LogP contribution in [0.3, 0.4) is 0 Å². The van der Waals surface area contributed by atoms with E-state index in [9.17, 15) is 4.79 Å². The average Bonchev–Trinajstić information content (AvgIpc) is 3.02. The number of rotatable bonds is 1.